The average Bonchev–Trinajstić information content (AvgIpc) is 2.94. The minimum atomic E-state index is -0.654. The van der Waals surface area contributed by atoms with Crippen molar-refractivity contribution in [2.45, 2.75) is 38.5 Å². The molecule has 4 N–H and O–H groups in total. The molecule has 1 aromatic heterocycles. The molecule has 0 saturated carbocycles. The normalized spacial score (nSPS) is 15.2. The second-order valence-electron chi connectivity index (χ2n) is 6.48. The van der Waals surface area contributed by atoms with Crippen LogP contribution in [0.25, 0.3) is 11.0 Å². The zero-order valence-corrected chi connectivity index (χ0v) is 14.2. The number of hydrogen-bond donors (Lipinski definition) is 4. The zero-order valence-electron chi connectivity index (χ0n) is 14.2. The number of aromatic amines is 2. The van der Waals surface area contributed by atoms with Crippen molar-refractivity contribution < 1.29 is 9.50 Å². The SMILES string of the molecule is CC(CC(O)c1ccc(F)cc1)NC(C)c1ccc2[nH]c(=O)[nH]c2c1. The zero-order chi connectivity index (χ0) is 18.0. The topological polar surface area (TPSA) is 80.9 Å². The molecule has 0 amide bonds. The Morgan fingerprint density at radius 2 is 1.68 bits per heavy atom. The molecule has 0 bridgehead atoms. The van der Waals surface area contributed by atoms with Gasteiger partial charge in [0, 0.05) is 12.1 Å². The van der Waals surface area contributed by atoms with Gasteiger partial charge in [0.2, 0.25) is 0 Å². The molecular formula is C19H22FN3O2. The maximum Gasteiger partial charge on any atom is 0.323 e. The number of aliphatic hydroxyl groups is 1. The summed E-state index contributed by atoms with van der Waals surface area (Å²) in [5, 5.41) is 13.7. The lowest BCUT2D eigenvalue weighted by molar-refractivity contribution is 0.152. The van der Waals surface area contributed by atoms with Crippen molar-refractivity contribution in [1.82, 2.24) is 15.3 Å². The highest BCUT2D eigenvalue weighted by molar-refractivity contribution is 5.75. The van der Waals surface area contributed by atoms with Crippen LogP contribution < -0.4 is 11.0 Å². The number of aromatic nitrogens is 2. The number of hydrogen-bond acceptors (Lipinski definition) is 3. The van der Waals surface area contributed by atoms with Gasteiger partial charge in [-0.2, -0.15) is 0 Å². The quantitative estimate of drug-likeness (QED) is 0.555. The number of aliphatic hydroxyl groups excluding tert-OH is 1. The van der Waals surface area contributed by atoms with Crippen molar-refractivity contribution in [2.75, 3.05) is 0 Å². The summed E-state index contributed by atoms with van der Waals surface area (Å²) in [7, 11) is 0. The highest BCUT2D eigenvalue weighted by atomic mass is 19.1. The van der Waals surface area contributed by atoms with E-state index >= 15 is 0 Å². The molecule has 0 saturated heterocycles. The lowest BCUT2D eigenvalue weighted by atomic mass is 10.0. The summed E-state index contributed by atoms with van der Waals surface area (Å²) < 4.78 is 13.0. The Morgan fingerprint density at radius 1 is 1.04 bits per heavy atom. The maximum absolute atomic E-state index is 13.0. The highest BCUT2D eigenvalue weighted by Crippen LogP contribution is 2.22. The van der Waals surface area contributed by atoms with E-state index in [0.29, 0.717) is 12.0 Å². The lowest BCUT2D eigenvalue weighted by Gasteiger charge is -2.23. The Kier molecular flexibility index (Phi) is 5.01. The van der Waals surface area contributed by atoms with Crippen LogP contribution in [-0.2, 0) is 0 Å². The van der Waals surface area contributed by atoms with Gasteiger partial charge in [0.05, 0.1) is 17.1 Å². The molecule has 0 aliphatic rings. The van der Waals surface area contributed by atoms with Crippen LogP contribution in [0.2, 0.25) is 0 Å². The Morgan fingerprint density at radius 3 is 2.40 bits per heavy atom. The lowest BCUT2D eigenvalue weighted by Crippen LogP contribution is -2.30. The molecule has 3 aromatic rings. The molecule has 25 heavy (non-hydrogen) atoms. The van der Waals surface area contributed by atoms with Crippen molar-refractivity contribution in [3.05, 3.63) is 69.9 Å². The van der Waals surface area contributed by atoms with Crippen LogP contribution in [0.15, 0.2) is 47.3 Å². The summed E-state index contributed by atoms with van der Waals surface area (Å²) in [5.74, 6) is -0.311. The van der Waals surface area contributed by atoms with E-state index in [1.165, 1.54) is 12.1 Å². The first kappa shape index (κ1) is 17.4. The van der Waals surface area contributed by atoms with Gasteiger partial charge in [0.15, 0.2) is 0 Å². The first-order valence-corrected chi connectivity index (χ1v) is 8.34. The number of benzene rings is 2. The van der Waals surface area contributed by atoms with Gasteiger partial charge in [-0.05, 0) is 55.7 Å². The van der Waals surface area contributed by atoms with Crippen LogP contribution in [0.3, 0.4) is 0 Å². The molecule has 0 aliphatic heterocycles. The number of halogens is 1. The van der Waals surface area contributed by atoms with E-state index in [1.54, 1.807) is 12.1 Å². The van der Waals surface area contributed by atoms with Gasteiger partial charge in [-0.25, -0.2) is 9.18 Å². The highest BCUT2D eigenvalue weighted by Gasteiger charge is 2.15. The van der Waals surface area contributed by atoms with Crippen molar-refractivity contribution in [3.63, 3.8) is 0 Å². The Bertz CT molecular complexity index is 901. The standard InChI is InChI=1S/C19H22FN3O2/c1-11(9-18(24)13-3-6-15(20)7-4-13)21-12(2)14-5-8-16-17(10-14)23-19(25)22-16/h3-8,10-12,18,21,24H,9H2,1-2H3,(H2,22,23,25). The Hall–Kier alpha value is -2.44. The van der Waals surface area contributed by atoms with Crippen LogP contribution in [0, 0.1) is 5.82 Å². The van der Waals surface area contributed by atoms with Gasteiger partial charge in [0.1, 0.15) is 5.82 Å². The molecule has 0 aliphatic carbocycles. The average molecular weight is 343 g/mol. The minimum Gasteiger partial charge on any atom is -0.388 e. The summed E-state index contributed by atoms with van der Waals surface area (Å²) in [6.07, 6.45) is -0.141. The second kappa shape index (κ2) is 7.21. The number of imidazole rings is 1. The van der Waals surface area contributed by atoms with Crippen molar-refractivity contribution in [3.8, 4) is 0 Å². The van der Waals surface area contributed by atoms with Gasteiger partial charge >= 0.3 is 5.69 Å². The molecule has 5 nitrogen and oxygen atoms in total. The minimum absolute atomic E-state index is 0.0519. The number of nitrogens with one attached hydrogen (secondary N) is 3. The van der Waals surface area contributed by atoms with E-state index in [9.17, 15) is 14.3 Å². The van der Waals surface area contributed by atoms with Crippen molar-refractivity contribution in [1.29, 1.82) is 0 Å². The molecule has 3 rings (SSSR count). The van der Waals surface area contributed by atoms with Gasteiger partial charge in [-0.15, -0.1) is 0 Å². The van der Waals surface area contributed by atoms with Crippen LogP contribution in [0.1, 0.15) is 43.5 Å². The van der Waals surface area contributed by atoms with Gasteiger partial charge in [-0.3, -0.25) is 0 Å². The van der Waals surface area contributed by atoms with Crippen molar-refractivity contribution >= 4 is 11.0 Å². The first-order chi connectivity index (χ1) is 11.9. The van der Waals surface area contributed by atoms with E-state index < -0.39 is 6.10 Å². The van der Waals surface area contributed by atoms with Crippen molar-refractivity contribution in [2.24, 2.45) is 0 Å². The molecule has 132 valence electrons. The third-order valence-corrected chi connectivity index (χ3v) is 4.41. The molecule has 0 radical (unpaired) electrons. The molecular weight excluding hydrogens is 321 g/mol. The third kappa shape index (κ3) is 4.15. The van der Waals surface area contributed by atoms with E-state index in [2.05, 4.69) is 15.3 Å². The van der Waals surface area contributed by atoms with Gasteiger partial charge in [-0.1, -0.05) is 18.2 Å². The Labute approximate surface area is 144 Å². The molecule has 6 heteroatoms. The van der Waals surface area contributed by atoms with E-state index in [1.807, 2.05) is 32.0 Å². The molecule has 1 heterocycles. The molecule has 0 fully saturated rings. The molecule has 2 aromatic carbocycles. The van der Waals surface area contributed by atoms with Crippen LogP contribution >= 0.6 is 0 Å². The van der Waals surface area contributed by atoms with E-state index in [4.69, 9.17) is 0 Å². The molecule has 0 spiro atoms. The maximum atomic E-state index is 13.0. The number of fused-ring (bicyclic) bond motifs is 1. The smallest absolute Gasteiger partial charge is 0.323 e. The monoisotopic (exact) mass is 343 g/mol. The Balaban J connectivity index is 1.63. The molecule has 3 unspecified atom stereocenters. The number of H-pyrrole nitrogens is 2. The summed E-state index contributed by atoms with van der Waals surface area (Å²) in [6.45, 7) is 4.03. The second-order valence-corrected chi connectivity index (χ2v) is 6.48. The third-order valence-electron chi connectivity index (χ3n) is 4.41. The summed E-state index contributed by atoms with van der Waals surface area (Å²) in [5.41, 5.74) is 3.08. The predicted octanol–water partition coefficient (Wildman–Crippen LogP) is 3.16. The predicted molar refractivity (Wildman–Crippen MR) is 95.9 cm³/mol. The summed E-state index contributed by atoms with van der Waals surface area (Å²) in [4.78, 5) is 16.8. The van der Waals surface area contributed by atoms with Crippen LogP contribution in [0.4, 0.5) is 4.39 Å². The molecule has 3 atom stereocenters. The van der Waals surface area contributed by atoms with E-state index in [0.717, 1.165) is 16.6 Å². The van der Waals surface area contributed by atoms with Gasteiger partial charge in [0.25, 0.3) is 0 Å². The van der Waals surface area contributed by atoms with E-state index in [-0.39, 0.29) is 23.6 Å². The first-order valence-electron chi connectivity index (χ1n) is 8.34. The number of rotatable bonds is 6. The summed E-state index contributed by atoms with van der Waals surface area (Å²) in [6, 6.07) is 11.8. The van der Waals surface area contributed by atoms with Crippen LogP contribution in [0.5, 0.6) is 0 Å². The fraction of sp³-hybridized carbons (Fsp3) is 0.316. The largest absolute Gasteiger partial charge is 0.388 e. The van der Waals surface area contributed by atoms with Crippen LogP contribution in [-0.4, -0.2) is 21.1 Å². The fourth-order valence-corrected chi connectivity index (χ4v) is 3.07. The van der Waals surface area contributed by atoms with Gasteiger partial charge < -0.3 is 20.4 Å². The fourth-order valence-electron chi connectivity index (χ4n) is 3.07. The summed E-state index contributed by atoms with van der Waals surface area (Å²) >= 11 is 0.